The quantitative estimate of drug-likeness (QED) is 0.168. The van der Waals surface area contributed by atoms with E-state index in [0.29, 0.717) is 29.6 Å². The van der Waals surface area contributed by atoms with Crippen molar-refractivity contribution in [3.05, 3.63) is 75.5 Å². The summed E-state index contributed by atoms with van der Waals surface area (Å²) in [6.07, 6.45) is 6.85. The number of hydrogen-bond acceptors (Lipinski definition) is 2. The number of aromatic amines is 1. The Balaban J connectivity index is 1.82. The van der Waals surface area contributed by atoms with Crippen molar-refractivity contribution in [2.45, 2.75) is 90.4 Å². The Hall–Kier alpha value is -3.13. The van der Waals surface area contributed by atoms with Gasteiger partial charge in [-0.2, -0.15) is 0 Å². The number of halogens is 4. The predicted molar refractivity (Wildman–Crippen MR) is 156 cm³/mol. The van der Waals surface area contributed by atoms with Crippen molar-refractivity contribution in [1.82, 2.24) is 9.88 Å². The summed E-state index contributed by atoms with van der Waals surface area (Å²) in [5, 5.41) is 10.3. The van der Waals surface area contributed by atoms with Gasteiger partial charge in [-0.05, 0) is 88.3 Å². The van der Waals surface area contributed by atoms with E-state index in [1.54, 1.807) is 11.0 Å². The zero-order valence-corrected chi connectivity index (χ0v) is 24.3. The summed E-state index contributed by atoms with van der Waals surface area (Å²) in [5.74, 6) is -2.52. The van der Waals surface area contributed by atoms with Crippen molar-refractivity contribution < 1.29 is 27.5 Å². The highest BCUT2D eigenvalue weighted by atomic mass is 19.1. The van der Waals surface area contributed by atoms with Crippen LogP contribution in [0, 0.1) is 11.6 Å². The van der Waals surface area contributed by atoms with Gasteiger partial charge in [0.15, 0.2) is 0 Å². The Kier molecular flexibility index (Phi) is 9.62. The standard InChI is InChI=1S/C33H40F4N2O2/c1-5-9-21(10-7-6-8-13-34)15-22-16-26(35)29(27(36)17-22)31-30-25(14-20(2)39(31)19-33(3,4)37)24-12-11-23(32(40)41)18-28(24)38-30/h11-12,15-18,20,31,38H,5-10,13-14,19H2,1-4H3,(H,40,41)/b21-15-/t20-,31-/m1/s1. The van der Waals surface area contributed by atoms with Gasteiger partial charge in [-0.3, -0.25) is 9.29 Å². The molecule has 4 rings (SSSR count). The molecule has 41 heavy (non-hydrogen) atoms. The van der Waals surface area contributed by atoms with E-state index in [1.165, 1.54) is 38.1 Å². The van der Waals surface area contributed by atoms with Crippen molar-refractivity contribution in [2.75, 3.05) is 13.2 Å². The van der Waals surface area contributed by atoms with Gasteiger partial charge in [0.1, 0.15) is 17.3 Å². The second kappa shape index (κ2) is 12.8. The summed E-state index contributed by atoms with van der Waals surface area (Å²) in [5.41, 5.74) is 1.76. The van der Waals surface area contributed by atoms with Gasteiger partial charge in [0.25, 0.3) is 0 Å². The van der Waals surface area contributed by atoms with Gasteiger partial charge >= 0.3 is 5.97 Å². The first-order valence-corrected chi connectivity index (χ1v) is 14.5. The van der Waals surface area contributed by atoms with Crippen molar-refractivity contribution in [3.8, 4) is 0 Å². The lowest BCUT2D eigenvalue weighted by atomic mass is 9.86. The molecule has 0 bridgehead atoms. The van der Waals surface area contributed by atoms with Crippen LogP contribution in [0.2, 0.25) is 0 Å². The number of unbranched alkanes of at least 4 members (excludes halogenated alkanes) is 2. The first-order chi connectivity index (χ1) is 19.4. The molecule has 2 aromatic carbocycles. The number of H-pyrrole nitrogens is 1. The first-order valence-electron chi connectivity index (χ1n) is 14.5. The molecule has 0 saturated carbocycles. The smallest absolute Gasteiger partial charge is 0.335 e. The molecule has 3 aromatic rings. The average Bonchev–Trinajstić information content (AvgIpc) is 3.24. The number of nitrogens with one attached hydrogen (secondary N) is 1. The van der Waals surface area contributed by atoms with Gasteiger partial charge in [0, 0.05) is 34.7 Å². The van der Waals surface area contributed by atoms with E-state index in [9.17, 15) is 14.3 Å². The summed E-state index contributed by atoms with van der Waals surface area (Å²) in [4.78, 5) is 16.6. The number of fused-ring (bicyclic) bond motifs is 3. The summed E-state index contributed by atoms with van der Waals surface area (Å²) < 4.78 is 59.6. The Morgan fingerprint density at radius 2 is 1.83 bits per heavy atom. The molecule has 2 atom stereocenters. The Morgan fingerprint density at radius 3 is 2.44 bits per heavy atom. The number of aromatic carboxylic acids is 1. The first kappa shape index (κ1) is 30.8. The lowest BCUT2D eigenvalue weighted by Gasteiger charge is -2.43. The average molecular weight is 573 g/mol. The summed E-state index contributed by atoms with van der Waals surface area (Å²) in [7, 11) is 0. The number of carboxylic acids is 1. The highest BCUT2D eigenvalue weighted by molar-refractivity contribution is 5.95. The van der Waals surface area contributed by atoms with Gasteiger partial charge in [-0.15, -0.1) is 0 Å². The second-order valence-corrected chi connectivity index (χ2v) is 11.9. The Morgan fingerprint density at radius 1 is 1.12 bits per heavy atom. The largest absolute Gasteiger partial charge is 0.478 e. The molecule has 2 N–H and O–H groups in total. The molecule has 1 aliphatic rings. The number of aromatic nitrogens is 1. The molecule has 1 aromatic heterocycles. The maximum atomic E-state index is 16.0. The maximum Gasteiger partial charge on any atom is 0.335 e. The van der Waals surface area contributed by atoms with Crippen LogP contribution in [0.3, 0.4) is 0 Å². The van der Waals surface area contributed by atoms with Crippen LogP contribution in [-0.2, 0) is 6.42 Å². The number of hydrogen-bond donors (Lipinski definition) is 2. The molecule has 0 saturated heterocycles. The van der Waals surface area contributed by atoms with Crippen LogP contribution in [0.4, 0.5) is 17.6 Å². The van der Waals surface area contributed by atoms with Crippen LogP contribution in [0.1, 0.15) is 105 Å². The van der Waals surface area contributed by atoms with Crippen molar-refractivity contribution in [1.29, 1.82) is 0 Å². The Bertz CT molecular complexity index is 1400. The fraction of sp³-hybridized carbons (Fsp3) is 0.485. The van der Waals surface area contributed by atoms with E-state index >= 15 is 13.2 Å². The summed E-state index contributed by atoms with van der Waals surface area (Å²) >= 11 is 0. The van der Waals surface area contributed by atoms with E-state index in [-0.39, 0.29) is 30.4 Å². The van der Waals surface area contributed by atoms with Crippen molar-refractivity contribution in [3.63, 3.8) is 0 Å². The molecule has 8 heteroatoms. The van der Waals surface area contributed by atoms with Gasteiger partial charge < -0.3 is 10.1 Å². The van der Waals surface area contributed by atoms with Crippen LogP contribution in [0.5, 0.6) is 0 Å². The highest BCUT2D eigenvalue weighted by Gasteiger charge is 2.41. The minimum Gasteiger partial charge on any atom is -0.478 e. The highest BCUT2D eigenvalue weighted by Crippen LogP contribution is 2.43. The van der Waals surface area contributed by atoms with Gasteiger partial charge in [-0.25, -0.2) is 18.0 Å². The maximum absolute atomic E-state index is 16.0. The number of allylic oxidation sites excluding steroid dienone is 1. The molecular formula is C33H40F4N2O2. The molecular weight excluding hydrogens is 532 g/mol. The van der Waals surface area contributed by atoms with Gasteiger partial charge in [0.05, 0.1) is 18.3 Å². The predicted octanol–water partition coefficient (Wildman–Crippen LogP) is 8.94. The number of nitrogens with zero attached hydrogens (tertiary/aromatic N) is 1. The van der Waals surface area contributed by atoms with Gasteiger partial charge in [0.2, 0.25) is 0 Å². The van der Waals surface area contributed by atoms with Crippen molar-refractivity contribution in [2.24, 2.45) is 0 Å². The molecule has 0 spiro atoms. The number of carboxylic acid groups (broad SMARTS) is 1. The number of carbonyl (C=O) groups is 1. The number of rotatable bonds is 12. The van der Waals surface area contributed by atoms with Crippen LogP contribution < -0.4 is 0 Å². The number of alkyl halides is 2. The fourth-order valence-corrected chi connectivity index (χ4v) is 6.09. The summed E-state index contributed by atoms with van der Waals surface area (Å²) in [6.45, 7) is 6.45. The van der Waals surface area contributed by atoms with Crippen LogP contribution in [0.25, 0.3) is 17.0 Å². The zero-order chi connectivity index (χ0) is 29.9. The van der Waals surface area contributed by atoms with Crippen molar-refractivity contribution >= 4 is 22.9 Å². The SMILES string of the molecule is CCC/C(=C/c1cc(F)c([C@@H]2c3[nH]c4cc(C(=O)O)ccc4c3C[C@@H](C)N2CC(C)(C)F)c(F)c1)CCCCCF. The van der Waals surface area contributed by atoms with E-state index < -0.39 is 29.3 Å². The van der Waals surface area contributed by atoms with E-state index in [1.807, 2.05) is 19.9 Å². The molecule has 4 nitrogen and oxygen atoms in total. The lowest BCUT2D eigenvalue weighted by Crippen LogP contribution is -2.48. The van der Waals surface area contributed by atoms with E-state index in [2.05, 4.69) is 4.98 Å². The van der Waals surface area contributed by atoms with Crippen LogP contribution >= 0.6 is 0 Å². The monoisotopic (exact) mass is 572 g/mol. The molecule has 0 amide bonds. The third-order valence-corrected chi connectivity index (χ3v) is 7.86. The second-order valence-electron chi connectivity index (χ2n) is 11.9. The fourth-order valence-electron chi connectivity index (χ4n) is 6.09. The van der Waals surface area contributed by atoms with Gasteiger partial charge in [-0.1, -0.05) is 37.5 Å². The molecule has 1 aliphatic heterocycles. The minimum atomic E-state index is -1.63. The normalized spacial score (nSPS) is 18.2. The molecule has 0 unspecified atom stereocenters. The number of benzene rings is 2. The topological polar surface area (TPSA) is 56.3 Å². The molecule has 0 aliphatic carbocycles. The third kappa shape index (κ3) is 7.03. The molecule has 0 fully saturated rings. The zero-order valence-electron chi connectivity index (χ0n) is 24.3. The van der Waals surface area contributed by atoms with E-state index in [4.69, 9.17) is 0 Å². The third-order valence-electron chi connectivity index (χ3n) is 7.86. The molecule has 0 radical (unpaired) electrons. The van der Waals surface area contributed by atoms with Crippen LogP contribution in [-0.4, -0.2) is 45.9 Å². The molecule has 222 valence electrons. The lowest BCUT2D eigenvalue weighted by molar-refractivity contribution is 0.0642. The van der Waals surface area contributed by atoms with E-state index in [0.717, 1.165) is 48.6 Å². The summed E-state index contributed by atoms with van der Waals surface area (Å²) in [6, 6.07) is 6.25. The van der Waals surface area contributed by atoms with Crippen LogP contribution in [0.15, 0.2) is 35.9 Å². The Labute approximate surface area is 239 Å². The molecule has 2 heterocycles. The minimum absolute atomic E-state index is 0.0475.